The SMILES string of the molecule is CCC1CCC2C(CCC3C2CCC2(C)C(CC(C)O)[C@H]4C[C@H]4C32)C1. The van der Waals surface area contributed by atoms with Gasteiger partial charge in [0.15, 0.2) is 0 Å². The summed E-state index contributed by atoms with van der Waals surface area (Å²) in [6.07, 6.45) is 14.6. The zero-order chi connectivity index (χ0) is 17.3. The molecule has 0 aliphatic heterocycles. The van der Waals surface area contributed by atoms with Gasteiger partial charge in [0.25, 0.3) is 0 Å². The first kappa shape index (κ1) is 17.1. The van der Waals surface area contributed by atoms with Gasteiger partial charge >= 0.3 is 0 Å². The standard InChI is InChI=1S/C24H40O/c1-4-15-5-7-17-16(12-15)6-8-19-18(17)9-10-24(3)22(11-14(2)25)20-13-21(20)23(19)24/h14-23,25H,4-13H2,1-3H3/t14?,15?,16?,17?,18?,19?,20-,21+,22?,23?,24?/m0/s1. The van der Waals surface area contributed by atoms with Gasteiger partial charge in [0.05, 0.1) is 6.10 Å². The number of aliphatic hydroxyl groups excluding tert-OH is 1. The van der Waals surface area contributed by atoms with E-state index in [1.165, 1.54) is 32.1 Å². The van der Waals surface area contributed by atoms with Crippen LogP contribution in [0.15, 0.2) is 0 Å². The highest BCUT2D eigenvalue weighted by atomic mass is 16.3. The van der Waals surface area contributed by atoms with Gasteiger partial charge in [0.2, 0.25) is 0 Å². The van der Waals surface area contributed by atoms with Gasteiger partial charge in [-0.15, -0.1) is 0 Å². The lowest BCUT2D eigenvalue weighted by Crippen LogP contribution is -2.50. The molecule has 0 aromatic heterocycles. The van der Waals surface area contributed by atoms with E-state index in [2.05, 4.69) is 13.8 Å². The molecule has 5 fully saturated rings. The van der Waals surface area contributed by atoms with Gasteiger partial charge in [0, 0.05) is 0 Å². The van der Waals surface area contributed by atoms with Crippen LogP contribution in [0.25, 0.3) is 0 Å². The van der Waals surface area contributed by atoms with Crippen molar-refractivity contribution in [3.63, 3.8) is 0 Å². The van der Waals surface area contributed by atoms with Crippen LogP contribution in [0.5, 0.6) is 0 Å². The molecule has 0 spiro atoms. The molecule has 5 aliphatic carbocycles. The van der Waals surface area contributed by atoms with Crippen molar-refractivity contribution >= 4 is 0 Å². The molecule has 0 aromatic carbocycles. The molecule has 11 atom stereocenters. The van der Waals surface area contributed by atoms with Crippen molar-refractivity contribution in [2.45, 2.75) is 91.1 Å². The van der Waals surface area contributed by atoms with Gasteiger partial charge in [-0.2, -0.15) is 0 Å². The third-order valence-electron chi connectivity index (χ3n) is 10.2. The Hall–Kier alpha value is -0.0400. The van der Waals surface area contributed by atoms with Crippen LogP contribution in [-0.4, -0.2) is 11.2 Å². The number of rotatable bonds is 3. The van der Waals surface area contributed by atoms with E-state index >= 15 is 0 Å². The summed E-state index contributed by atoms with van der Waals surface area (Å²) in [7, 11) is 0. The second kappa shape index (κ2) is 5.98. The molecule has 5 aliphatic rings. The number of fused-ring (bicyclic) bond motifs is 7. The molecule has 5 saturated carbocycles. The van der Waals surface area contributed by atoms with E-state index in [4.69, 9.17) is 0 Å². The highest BCUT2D eigenvalue weighted by molar-refractivity contribution is 5.17. The molecule has 0 aromatic rings. The Labute approximate surface area is 155 Å². The molecule has 0 heterocycles. The van der Waals surface area contributed by atoms with Crippen molar-refractivity contribution < 1.29 is 5.11 Å². The smallest absolute Gasteiger partial charge is 0.0515 e. The van der Waals surface area contributed by atoms with Crippen LogP contribution >= 0.6 is 0 Å². The van der Waals surface area contributed by atoms with E-state index in [-0.39, 0.29) is 6.10 Å². The molecule has 0 radical (unpaired) electrons. The fourth-order valence-corrected chi connectivity index (χ4v) is 9.25. The summed E-state index contributed by atoms with van der Waals surface area (Å²) in [4.78, 5) is 0. The Morgan fingerprint density at radius 3 is 2.48 bits per heavy atom. The summed E-state index contributed by atoms with van der Waals surface area (Å²) in [5.74, 6) is 9.20. The fourth-order valence-electron chi connectivity index (χ4n) is 9.25. The van der Waals surface area contributed by atoms with E-state index in [1.807, 2.05) is 6.92 Å². The third-order valence-corrected chi connectivity index (χ3v) is 10.2. The number of hydrogen-bond acceptors (Lipinski definition) is 1. The van der Waals surface area contributed by atoms with Crippen LogP contribution < -0.4 is 0 Å². The molecule has 1 heteroatoms. The quantitative estimate of drug-likeness (QED) is 0.675. The van der Waals surface area contributed by atoms with E-state index in [0.29, 0.717) is 5.41 Å². The summed E-state index contributed by atoms with van der Waals surface area (Å²) >= 11 is 0. The highest BCUT2D eigenvalue weighted by Gasteiger charge is 2.68. The van der Waals surface area contributed by atoms with Gasteiger partial charge < -0.3 is 5.11 Å². The third kappa shape index (κ3) is 2.50. The molecule has 0 amide bonds. The minimum absolute atomic E-state index is 0.0976. The summed E-state index contributed by atoms with van der Waals surface area (Å²) in [5.41, 5.74) is 0.569. The van der Waals surface area contributed by atoms with Crippen molar-refractivity contribution in [1.29, 1.82) is 0 Å². The van der Waals surface area contributed by atoms with Crippen molar-refractivity contribution in [2.75, 3.05) is 0 Å². The van der Waals surface area contributed by atoms with Crippen molar-refractivity contribution in [3.05, 3.63) is 0 Å². The van der Waals surface area contributed by atoms with Gasteiger partial charge in [0.1, 0.15) is 0 Å². The normalized spacial score (nSPS) is 57.8. The topological polar surface area (TPSA) is 20.2 Å². The van der Waals surface area contributed by atoms with E-state index in [9.17, 15) is 5.11 Å². The Bertz CT molecular complexity index is 512. The fraction of sp³-hybridized carbons (Fsp3) is 1.00. The predicted molar refractivity (Wildman–Crippen MR) is 103 cm³/mol. The molecule has 0 saturated heterocycles. The first-order valence-corrected chi connectivity index (χ1v) is 11.7. The average Bonchev–Trinajstić information content (AvgIpc) is 3.33. The molecular formula is C24H40O. The molecule has 5 rings (SSSR count). The molecule has 1 N–H and O–H groups in total. The lowest BCUT2D eigenvalue weighted by molar-refractivity contribution is -0.0849. The van der Waals surface area contributed by atoms with Gasteiger partial charge in [-0.3, -0.25) is 0 Å². The lowest BCUT2D eigenvalue weighted by atomic mass is 9.48. The van der Waals surface area contributed by atoms with Crippen LogP contribution in [0.4, 0.5) is 0 Å². The number of aliphatic hydroxyl groups is 1. The first-order chi connectivity index (χ1) is 12.0. The molecule has 142 valence electrons. The van der Waals surface area contributed by atoms with E-state index in [1.54, 1.807) is 25.7 Å². The van der Waals surface area contributed by atoms with Gasteiger partial charge in [-0.1, -0.05) is 26.7 Å². The molecule has 25 heavy (non-hydrogen) atoms. The predicted octanol–water partition coefficient (Wildman–Crippen LogP) is 5.91. The van der Waals surface area contributed by atoms with Gasteiger partial charge in [-0.25, -0.2) is 0 Å². The second-order valence-corrected chi connectivity index (χ2v) is 11.2. The van der Waals surface area contributed by atoms with Crippen LogP contribution in [0.3, 0.4) is 0 Å². The molecule has 9 unspecified atom stereocenters. The summed E-state index contributed by atoms with van der Waals surface area (Å²) in [6.45, 7) is 7.08. The van der Waals surface area contributed by atoms with E-state index in [0.717, 1.165) is 59.7 Å². The van der Waals surface area contributed by atoms with Crippen LogP contribution in [-0.2, 0) is 0 Å². The largest absolute Gasteiger partial charge is 0.393 e. The zero-order valence-corrected chi connectivity index (χ0v) is 16.8. The molecule has 1 nitrogen and oxygen atoms in total. The van der Waals surface area contributed by atoms with E-state index < -0.39 is 0 Å². The Kier molecular flexibility index (Phi) is 4.09. The van der Waals surface area contributed by atoms with Crippen LogP contribution in [0, 0.1) is 58.7 Å². The highest BCUT2D eigenvalue weighted by Crippen LogP contribution is 2.75. The van der Waals surface area contributed by atoms with Crippen LogP contribution in [0.1, 0.15) is 85.0 Å². The lowest BCUT2D eigenvalue weighted by Gasteiger charge is -2.57. The Morgan fingerprint density at radius 1 is 0.920 bits per heavy atom. The summed E-state index contributed by atoms with van der Waals surface area (Å²) in [5, 5.41) is 10.1. The minimum Gasteiger partial charge on any atom is -0.393 e. The van der Waals surface area contributed by atoms with Gasteiger partial charge in [-0.05, 0) is 117 Å². The number of hydrogen-bond donors (Lipinski definition) is 1. The Balaban J connectivity index is 1.37. The second-order valence-electron chi connectivity index (χ2n) is 11.2. The maximum Gasteiger partial charge on any atom is 0.0515 e. The minimum atomic E-state index is -0.0976. The maximum atomic E-state index is 10.1. The van der Waals surface area contributed by atoms with Crippen LogP contribution in [0.2, 0.25) is 0 Å². The van der Waals surface area contributed by atoms with Crippen molar-refractivity contribution in [1.82, 2.24) is 0 Å². The average molecular weight is 345 g/mol. The molecule has 0 bridgehead atoms. The molecular weight excluding hydrogens is 304 g/mol. The first-order valence-electron chi connectivity index (χ1n) is 11.7. The Morgan fingerprint density at radius 2 is 1.72 bits per heavy atom. The summed E-state index contributed by atoms with van der Waals surface area (Å²) in [6, 6.07) is 0. The summed E-state index contributed by atoms with van der Waals surface area (Å²) < 4.78 is 0. The van der Waals surface area contributed by atoms with Crippen molar-refractivity contribution in [3.8, 4) is 0 Å². The zero-order valence-electron chi connectivity index (χ0n) is 16.8. The monoisotopic (exact) mass is 344 g/mol. The van der Waals surface area contributed by atoms with Crippen molar-refractivity contribution in [2.24, 2.45) is 58.7 Å². The maximum absolute atomic E-state index is 10.1.